The average molecular weight is 477 g/mol. The number of carbonyl (C=O) groups is 1. The van der Waals surface area contributed by atoms with Crippen molar-refractivity contribution in [2.45, 2.75) is 44.7 Å². The zero-order chi connectivity index (χ0) is 24.6. The van der Waals surface area contributed by atoms with Gasteiger partial charge in [0.25, 0.3) is 5.91 Å². The van der Waals surface area contributed by atoms with Gasteiger partial charge in [0.1, 0.15) is 0 Å². The minimum absolute atomic E-state index is 0.0836. The van der Waals surface area contributed by atoms with E-state index < -0.39 is 9.84 Å². The average Bonchev–Trinajstić information content (AvgIpc) is 3.22. The maximum Gasteiger partial charge on any atom is 0.252 e. The smallest absolute Gasteiger partial charge is 0.252 e. The Morgan fingerprint density at radius 3 is 2.32 bits per heavy atom. The van der Waals surface area contributed by atoms with Crippen molar-refractivity contribution in [3.63, 3.8) is 0 Å². The van der Waals surface area contributed by atoms with Crippen LogP contribution in [-0.2, 0) is 9.84 Å². The summed E-state index contributed by atoms with van der Waals surface area (Å²) in [6, 6.07) is 16.1. The number of aryl methyl sites for hydroxylation is 1. The van der Waals surface area contributed by atoms with Crippen LogP contribution in [0.2, 0.25) is 0 Å². The second-order valence-electron chi connectivity index (χ2n) is 8.83. The first kappa shape index (κ1) is 23.6. The number of pyridine rings is 1. The zero-order valence-corrected chi connectivity index (χ0v) is 20.7. The van der Waals surface area contributed by atoms with E-state index in [2.05, 4.69) is 10.4 Å². The molecular weight excluding hydrogens is 448 g/mol. The number of nitrogens with zero attached hydrogens (tertiary/aromatic N) is 3. The Kier molecular flexibility index (Phi) is 6.27. The van der Waals surface area contributed by atoms with E-state index in [4.69, 9.17) is 4.98 Å². The van der Waals surface area contributed by atoms with E-state index in [9.17, 15) is 13.2 Å². The van der Waals surface area contributed by atoms with Gasteiger partial charge in [0.05, 0.1) is 33.8 Å². The first-order valence-corrected chi connectivity index (χ1v) is 13.0. The second kappa shape index (κ2) is 9.02. The molecule has 2 aromatic heterocycles. The quantitative estimate of drug-likeness (QED) is 0.428. The first-order valence-electron chi connectivity index (χ1n) is 11.1. The molecule has 4 rings (SSSR count). The first-order chi connectivity index (χ1) is 16.1. The third-order valence-electron chi connectivity index (χ3n) is 5.88. The molecule has 7 nitrogen and oxygen atoms in total. The maximum atomic E-state index is 13.4. The molecule has 1 N–H and O–H groups in total. The number of carbonyl (C=O) groups excluding carboxylic acids is 1. The Morgan fingerprint density at radius 1 is 1.03 bits per heavy atom. The molecule has 34 heavy (non-hydrogen) atoms. The van der Waals surface area contributed by atoms with Crippen molar-refractivity contribution in [2.24, 2.45) is 0 Å². The summed E-state index contributed by atoms with van der Waals surface area (Å²) in [5, 5.41) is 8.21. The molecule has 0 bridgehead atoms. The van der Waals surface area contributed by atoms with Gasteiger partial charge in [-0.1, -0.05) is 36.4 Å². The van der Waals surface area contributed by atoms with Crippen LogP contribution >= 0.6 is 0 Å². The lowest BCUT2D eigenvalue weighted by atomic mass is 10.0. The topological polar surface area (TPSA) is 94.0 Å². The molecule has 0 aliphatic rings. The zero-order valence-electron chi connectivity index (χ0n) is 19.9. The molecular formula is C26H28N4O3S. The van der Waals surface area contributed by atoms with E-state index in [1.54, 1.807) is 30.5 Å². The molecule has 2 aromatic carbocycles. The Labute approximate surface area is 199 Å². The fourth-order valence-corrected chi connectivity index (χ4v) is 4.57. The maximum absolute atomic E-state index is 13.4. The van der Waals surface area contributed by atoms with Gasteiger partial charge in [-0.3, -0.25) is 4.79 Å². The number of aromatic nitrogens is 3. The van der Waals surface area contributed by atoms with Crippen LogP contribution in [-0.4, -0.2) is 35.3 Å². The molecule has 0 saturated carbocycles. The van der Waals surface area contributed by atoms with Gasteiger partial charge in [-0.05, 0) is 57.0 Å². The van der Waals surface area contributed by atoms with Gasteiger partial charge in [0.2, 0.25) is 0 Å². The van der Waals surface area contributed by atoms with Crippen LogP contribution < -0.4 is 5.32 Å². The lowest BCUT2D eigenvalue weighted by molar-refractivity contribution is 0.0941. The van der Waals surface area contributed by atoms with E-state index in [0.717, 1.165) is 16.7 Å². The highest BCUT2D eigenvalue weighted by Gasteiger charge is 2.21. The summed E-state index contributed by atoms with van der Waals surface area (Å²) in [7, 11) is -3.28. The predicted octanol–water partition coefficient (Wildman–Crippen LogP) is 4.88. The van der Waals surface area contributed by atoms with Gasteiger partial charge in [-0.25, -0.2) is 18.1 Å². The van der Waals surface area contributed by atoms with Gasteiger partial charge in [-0.2, -0.15) is 5.10 Å². The van der Waals surface area contributed by atoms with Crippen molar-refractivity contribution in [2.75, 3.05) is 6.26 Å². The van der Waals surface area contributed by atoms with Gasteiger partial charge in [0.15, 0.2) is 15.5 Å². The van der Waals surface area contributed by atoms with Gasteiger partial charge in [0, 0.05) is 17.9 Å². The minimum Gasteiger partial charge on any atom is -0.345 e. The fraction of sp³-hybridized carbons (Fsp3) is 0.269. The van der Waals surface area contributed by atoms with Crippen LogP contribution in [0.5, 0.6) is 0 Å². The summed E-state index contributed by atoms with van der Waals surface area (Å²) in [6.07, 6.45) is 2.86. The molecule has 1 atom stereocenters. The Bertz CT molecular complexity index is 1470. The molecule has 0 spiro atoms. The number of hydrogen-bond acceptors (Lipinski definition) is 5. The van der Waals surface area contributed by atoms with Crippen LogP contribution in [0.3, 0.4) is 0 Å². The molecule has 0 aliphatic heterocycles. The third-order valence-corrected chi connectivity index (χ3v) is 7.01. The van der Waals surface area contributed by atoms with Crippen molar-refractivity contribution < 1.29 is 13.2 Å². The van der Waals surface area contributed by atoms with Gasteiger partial charge >= 0.3 is 0 Å². The van der Waals surface area contributed by atoms with E-state index in [1.165, 1.54) is 6.26 Å². The summed E-state index contributed by atoms with van der Waals surface area (Å²) in [6.45, 7) is 7.93. The molecule has 176 valence electrons. The van der Waals surface area contributed by atoms with Crippen LogP contribution in [0.4, 0.5) is 0 Å². The van der Waals surface area contributed by atoms with Gasteiger partial charge < -0.3 is 5.32 Å². The lowest BCUT2D eigenvalue weighted by Gasteiger charge is -2.16. The van der Waals surface area contributed by atoms with Crippen molar-refractivity contribution in [1.29, 1.82) is 0 Å². The van der Waals surface area contributed by atoms with Crippen LogP contribution in [0, 0.1) is 6.92 Å². The molecule has 8 heteroatoms. The highest BCUT2D eigenvalue weighted by molar-refractivity contribution is 7.90. The van der Waals surface area contributed by atoms with E-state index in [0.29, 0.717) is 22.3 Å². The molecule has 1 amide bonds. The lowest BCUT2D eigenvalue weighted by Crippen LogP contribution is -2.27. The Hall–Kier alpha value is -3.52. The molecule has 0 saturated heterocycles. The molecule has 0 aliphatic carbocycles. The van der Waals surface area contributed by atoms with E-state index in [-0.39, 0.29) is 22.9 Å². The summed E-state index contributed by atoms with van der Waals surface area (Å²) >= 11 is 0. The summed E-state index contributed by atoms with van der Waals surface area (Å²) in [4.78, 5) is 18.6. The number of fused-ring (bicyclic) bond motifs is 1. The molecule has 1 unspecified atom stereocenters. The van der Waals surface area contributed by atoms with Crippen molar-refractivity contribution >= 4 is 26.8 Å². The van der Waals surface area contributed by atoms with Crippen LogP contribution in [0.15, 0.2) is 65.7 Å². The number of nitrogens with one attached hydrogen (secondary N) is 1. The summed E-state index contributed by atoms with van der Waals surface area (Å²) in [5.41, 5.74) is 4.70. The fourth-order valence-electron chi connectivity index (χ4n) is 3.94. The number of benzene rings is 2. The summed E-state index contributed by atoms with van der Waals surface area (Å²) < 4.78 is 25.3. The predicted molar refractivity (Wildman–Crippen MR) is 134 cm³/mol. The van der Waals surface area contributed by atoms with Crippen LogP contribution in [0.1, 0.15) is 54.3 Å². The van der Waals surface area contributed by atoms with Crippen LogP contribution in [0.25, 0.3) is 22.3 Å². The highest BCUT2D eigenvalue weighted by atomic mass is 32.2. The molecule has 2 heterocycles. The minimum atomic E-state index is -3.28. The van der Waals surface area contributed by atoms with Crippen molar-refractivity contribution in [3.05, 3.63) is 77.5 Å². The third kappa shape index (κ3) is 4.59. The molecule has 0 radical (unpaired) electrons. The van der Waals surface area contributed by atoms with E-state index >= 15 is 0 Å². The SMILES string of the molecule is Cc1ccccc1-c1cc(C(=O)NC(C)c2ccc(S(C)(=O)=O)cc2)c2cnn(C(C)C)c2n1. The molecule has 4 aromatic rings. The second-order valence-corrected chi connectivity index (χ2v) is 10.8. The highest BCUT2D eigenvalue weighted by Crippen LogP contribution is 2.28. The Morgan fingerprint density at radius 2 is 1.71 bits per heavy atom. The van der Waals surface area contributed by atoms with E-state index in [1.807, 2.05) is 62.7 Å². The summed E-state index contributed by atoms with van der Waals surface area (Å²) in [5.74, 6) is -0.245. The normalized spacial score (nSPS) is 12.8. The number of sulfone groups is 1. The largest absolute Gasteiger partial charge is 0.345 e. The monoisotopic (exact) mass is 476 g/mol. The van der Waals surface area contributed by atoms with Crippen molar-refractivity contribution in [1.82, 2.24) is 20.1 Å². The van der Waals surface area contributed by atoms with Crippen molar-refractivity contribution in [3.8, 4) is 11.3 Å². The number of amides is 1. The molecule has 0 fully saturated rings. The Balaban J connectivity index is 1.74. The number of hydrogen-bond donors (Lipinski definition) is 1. The van der Waals surface area contributed by atoms with Gasteiger partial charge in [-0.15, -0.1) is 0 Å². The standard InChI is InChI=1S/C26H28N4O3S/c1-16(2)30-25-23(15-27-30)22(14-24(29-25)21-9-7-6-8-17(21)3)26(31)28-18(4)19-10-12-20(13-11-19)34(5,32)33/h6-16,18H,1-5H3,(H,28,31). The number of rotatable bonds is 6.